The number of rotatable bonds is 4. The Labute approximate surface area is 120 Å². The third kappa shape index (κ3) is 3.06. The first-order chi connectivity index (χ1) is 9.90. The molecule has 0 bridgehead atoms. The first kappa shape index (κ1) is 14.7. The molecule has 0 aliphatic heterocycles. The Bertz CT molecular complexity index is 702. The molecule has 0 amide bonds. The largest absolute Gasteiger partial charge is 0.443 e. The number of benzene rings is 2. The lowest BCUT2D eigenvalue weighted by Crippen LogP contribution is -2.43. The van der Waals surface area contributed by atoms with Crippen LogP contribution in [0.4, 0.5) is 11.4 Å². The zero-order valence-electron chi connectivity index (χ0n) is 11.1. The molecule has 0 aliphatic carbocycles. The second kappa shape index (κ2) is 5.72. The highest BCUT2D eigenvalue weighted by molar-refractivity contribution is 6.79. The van der Waals surface area contributed by atoms with Crippen molar-refractivity contribution >= 4 is 29.2 Å². The summed E-state index contributed by atoms with van der Waals surface area (Å²) in [5.41, 5.74) is 0.634. The lowest BCUT2D eigenvalue weighted by atomic mass is 9.55. The second-order valence-corrected chi connectivity index (χ2v) is 4.57. The van der Waals surface area contributed by atoms with Crippen LogP contribution < -0.4 is 10.9 Å². The van der Waals surface area contributed by atoms with Crippen molar-refractivity contribution < 1.29 is 14.9 Å². The van der Waals surface area contributed by atoms with Crippen LogP contribution in [0.3, 0.4) is 0 Å². The van der Waals surface area contributed by atoms with Crippen molar-refractivity contribution in [1.29, 1.82) is 0 Å². The van der Waals surface area contributed by atoms with Gasteiger partial charge in [-0.1, -0.05) is 35.9 Å². The summed E-state index contributed by atoms with van der Waals surface area (Å²) >= 11 is 0. The lowest BCUT2D eigenvalue weighted by molar-refractivity contribution is -0.393. The summed E-state index contributed by atoms with van der Waals surface area (Å²) < 4.78 is 0. The standard InChI is InChI=1S/C13H11BN2O5/c1-9-2-4-10(5-3-9)14(17)12-7-6-11(15(18)19)8-13(12)16(20)21/h2-8,17H,1H3. The molecule has 0 heterocycles. The van der Waals surface area contributed by atoms with E-state index < -0.39 is 22.4 Å². The molecule has 0 aliphatic rings. The van der Waals surface area contributed by atoms with Gasteiger partial charge in [-0.25, -0.2) is 0 Å². The number of nitro groups is 2. The zero-order chi connectivity index (χ0) is 15.6. The van der Waals surface area contributed by atoms with Gasteiger partial charge in [-0.15, -0.1) is 0 Å². The van der Waals surface area contributed by atoms with Gasteiger partial charge in [-0.05, 0) is 12.4 Å². The minimum atomic E-state index is -1.22. The highest BCUT2D eigenvalue weighted by atomic mass is 16.6. The maximum Gasteiger partial charge on any atom is 0.365 e. The van der Waals surface area contributed by atoms with Crippen LogP contribution in [0.2, 0.25) is 0 Å². The van der Waals surface area contributed by atoms with Gasteiger partial charge in [0.05, 0.1) is 15.9 Å². The molecule has 1 N–H and O–H groups in total. The van der Waals surface area contributed by atoms with Crippen LogP contribution >= 0.6 is 0 Å². The van der Waals surface area contributed by atoms with E-state index in [4.69, 9.17) is 0 Å². The minimum absolute atomic E-state index is 0.0226. The number of nitro benzene ring substituents is 2. The van der Waals surface area contributed by atoms with E-state index in [0.29, 0.717) is 5.46 Å². The van der Waals surface area contributed by atoms with E-state index in [-0.39, 0.29) is 11.2 Å². The average molecular weight is 286 g/mol. The van der Waals surface area contributed by atoms with Crippen LogP contribution in [-0.2, 0) is 0 Å². The molecule has 0 radical (unpaired) electrons. The van der Waals surface area contributed by atoms with Gasteiger partial charge in [-0.2, -0.15) is 0 Å². The third-order valence-corrected chi connectivity index (χ3v) is 3.11. The van der Waals surface area contributed by atoms with E-state index in [1.54, 1.807) is 24.3 Å². The van der Waals surface area contributed by atoms with Gasteiger partial charge in [-0.3, -0.25) is 20.2 Å². The summed E-state index contributed by atoms with van der Waals surface area (Å²) in [4.78, 5) is 20.3. The Morgan fingerprint density at radius 1 is 1.00 bits per heavy atom. The molecule has 0 spiro atoms. The summed E-state index contributed by atoms with van der Waals surface area (Å²) in [6.45, 7) is 0.664. The predicted molar refractivity (Wildman–Crippen MR) is 78.2 cm³/mol. The first-order valence-corrected chi connectivity index (χ1v) is 6.07. The monoisotopic (exact) mass is 286 g/mol. The van der Waals surface area contributed by atoms with Crippen LogP contribution in [0, 0.1) is 27.2 Å². The zero-order valence-corrected chi connectivity index (χ0v) is 11.1. The van der Waals surface area contributed by atoms with E-state index in [2.05, 4.69) is 0 Å². The quantitative estimate of drug-likeness (QED) is 0.510. The fourth-order valence-electron chi connectivity index (χ4n) is 1.96. The molecule has 0 unspecified atom stereocenters. The normalized spacial score (nSPS) is 10.2. The van der Waals surface area contributed by atoms with E-state index >= 15 is 0 Å². The third-order valence-electron chi connectivity index (χ3n) is 3.11. The molecular formula is C13H11BN2O5. The number of aryl methyl sites for hydroxylation is 1. The Balaban J connectivity index is 2.49. The number of hydrogen-bond acceptors (Lipinski definition) is 5. The van der Waals surface area contributed by atoms with Crippen molar-refractivity contribution in [2.45, 2.75) is 6.92 Å². The molecule has 0 saturated carbocycles. The summed E-state index contributed by atoms with van der Waals surface area (Å²) in [5, 5.41) is 32.0. The number of nitrogens with zero attached hydrogens (tertiary/aromatic N) is 2. The van der Waals surface area contributed by atoms with Crippen molar-refractivity contribution in [3.05, 3.63) is 68.3 Å². The van der Waals surface area contributed by atoms with E-state index in [1.807, 2.05) is 6.92 Å². The average Bonchev–Trinajstić information content (AvgIpc) is 2.46. The molecule has 0 aromatic heterocycles. The van der Waals surface area contributed by atoms with E-state index in [0.717, 1.165) is 17.7 Å². The Morgan fingerprint density at radius 2 is 1.62 bits per heavy atom. The summed E-state index contributed by atoms with van der Waals surface area (Å²) in [6.07, 6.45) is 0. The van der Waals surface area contributed by atoms with Gasteiger partial charge < -0.3 is 5.02 Å². The summed E-state index contributed by atoms with van der Waals surface area (Å²) in [6, 6.07) is 10.1. The van der Waals surface area contributed by atoms with Crippen molar-refractivity contribution in [2.75, 3.05) is 0 Å². The van der Waals surface area contributed by atoms with Crippen molar-refractivity contribution in [1.82, 2.24) is 0 Å². The number of non-ortho nitro benzene ring substituents is 1. The molecule has 2 aromatic rings. The van der Waals surface area contributed by atoms with Crippen LogP contribution in [0.25, 0.3) is 0 Å². The van der Waals surface area contributed by atoms with Crippen molar-refractivity contribution in [3.8, 4) is 0 Å². The molecule has 0 saturated heterocycles. The van der Waals surface area contributed by atoms with Crippen molar-refractivity contribution in [2.24, 2.45) is 0 Å². The van der Waals surface area contributed by atoms with Crippen LogP contribution in [-0.4, -0.2) is 21.8 Å². The highest BCUT2D eigenvalue weighted by Gasteiger charge is 2.28. The van der Waals surface area contributed by atoms with Crippen LogP contribution in [0.5, 0.6) is 0 Å². The molecular weight excluding hydrogens is 275 g/mol. The highest BCUT2D eigenvalue weighted by Crippen LogP contribution is 2.18. The van der Waals surface area contributed by atoms with Gasteiger partial charge in [0.2, 0.25) is 0 Å². The number of hydrogen-bond donors (Lipinski definition) is 1. The van der Waals surface area contributed by atoms with Gasteiger partial charge >= 0.3 is 6.92 Å². The van der Waals surface area contributed by atoms with E-state index in [1.165, 1.54) is 6.07 Å². The second-order valence-electron chi connectivity index (χ2n) is 4.57. The van der Waals surface area contributed by atoms with Gasteiger partial charge in [0.25, 0.3) is 11.4 Å². The molecule has 8 heteroatoms. The summed E-state index contributed by atoms with van der Waals surface area (Å²) in [5.74, 6) is 0. The molecule has 0 fully saturated rings. The van der Waals surface area contributed by atoms with Gasteiger partial charge in [0.15, 0.2) is 0 Å². The molecule has 0 atom stereocenters. The molecule has 2 aromatic carbocycles. The molecule has 7 nitrogen and oxygen atoms in total. The first-order valence-electron chi connectivity index (χ1n) is 6.07. The molecule has 2 rings (SSSR count). The predicted octanol–water partition coefficient (Wildman–Crippen LogP) is 0.909. The van der Waals surface area contributed by atoms with Crippen LogP contribution in [0.15, 0.2) is 42.5 Å². The Morgan fingerprint density at radius 3 is 2.14 bits per heavy atom. The Kier molecular flexibility index (Phi) is 3.99. The van der Waals surface area contributed by atoms with Crippen molar-refractivity contribution in [3.63, 3.8) is 0 Å². The molecule has 21 heavy (non-hydrogen) atoms. The Hall–Kier alpha value is -2.74. The molecule has 106 valence electrons. The smallest absolute Gasteiger partial charge is 0.365 e. The topological polar surface area (TPSA) is 107 Å². The van der Waals surface area contributed by atoms with Crippen LogP contribution in [0.1, 0.15) is 5.56 Å². The fraction of sp³-hybridized carbons (Fsp3) is 0.0769. The lowest BCUT2D eigenvalue weighted by Gasteiger charge is -2.08. The van der Waals surface area contributed by atoms with Gasteiger partial charge in [0.1, 0.15) is 0 Å². The maximum atomic E-state index is 11.1. The fourth-order valence-corrected chi connectivity index (χ4v) is 1.96. The van der Waals surface area contributed by atoms with E-state index in [9.17, 15) is 25.3 Å². The summed E-state index contributed by atoms with van der Waals surface area (Å²) in [7, 11) is 0. The minimum Gasteiger partial charge on any atom is -0.443 e. The maximum absolute atomic E-state index is 11.1. The van der Waals surface area contributed by atoms with Gasteiger partial charge in [0, 0.05) is 11.5 Å². The SMILES string of the molecule is Cc1ccc(B(O)c2ccc([N+](=O)[O-])cc2[N+](=O)[O-])cc1.